The molecule has 0 spiro atoms. The van der Waals surface area contributed by atoms with Gasteiger partial charge >= 0.3 is 0 Å². The van der Waals surface area contributed by atoms with Crippen molar-refractivity contribution >= 4 is 65.3 Å². The van der Waals surface area contributed by atoms with E-state index in [1.165, 1.54) is 4.57 Å². The van der Waals surface area contributed by atoms with Crippen LogP contribution in [0.3, 0.4) is 0 Å². The summed E-state index contributed by atoms with van der Waals surface area (Å²) in [6.07, 6.45) is 0. The minimum atomic E-state index is -0.519. The fourth-order valence-corrected chi connectivity index (χ4v) is 8.14. The monoisotopic (exact) mass is 748 g/mol. The van der Waals surface area contributed by atoms with Crippen LogP contribution in [0.1, 0.15) is 11.0 Å². The van der Waals surface area contributed by atoms with E-state index in [1.54, 1.807) is 6.07 Å². The summed E-state index contributed by atoms with van der Waals surface area (Å²) in [7, 11) is 0. The molecule has 0 amide bonds. The first-order chi connectivity index (χ1) is 32.0. The topological polar surface area (TPSA) is 56.7 Å². The molecule has 5 heteroatoms. The highest BCUT2D eigenvalue weighted by molar-refractivity contribution is 6.11. The van der Waals surface area contributed by atoms with Crippen molar-refractivity contribution in [1.29, 1.82) is 0 Å². The number of aromatic nitrogens is 4. The third-order valence-corrected chi connectivity index (χ3v) is 10.9. The largest absolute Gasteiger partial charge is 0.456 e. The van der Waals surface area contributed by atoms with Gasteiger partial charge in [0, 0.05) is 38.2 Å². The molecule has 12 aromatic rings. The maximum absolute atomic E-state index is 9.31. The van der Waals surface area contributed by atoms with E-state index in [1.807, 2.05) is 103 Å². The predicted octanol–water partition coefficient (Wildman–Crippen LogP) is 13.8. The zero-order chi connectivity index (χ0) is 45.1. The van der Waals surface area contributed by atoms with Crippen LogP contribution in [0.5, 0.6) is 0 Å². The van der Waals surface area contributed by atoms with Gasteiger partial charge < -0.3 is 8.98 Å². The Morgan fingerprint density at radius 2 is 0.983 bits per heavy atom. The van der Waals surface area contributed by atoms with Crippen molar-refractivity contribution in [3.8, 4) is 51.0 Å². The van der Waals surface area contributed by atoms with Crippen LogP contribution in [-0.2, 0) is 0 Å². The number of hydrogen-bond acceptors (Lipinski definition) is 4. The van der Waals surface area contributed by atoms with E-state index < -0.39 is 48.3 Å². The SMILES string of the molecule is [2H]c1c([2H])c([2H])c2c(c1[2H])c1c([2H])c([2H])c([2H])c([2H])c1n2-c1ccc(-c2ccc3ccc4ccccc4c3c2)cc1-c1nc(-c2ccccc2)nc(-c2ccc3c(c2)oc2ccccc23)n1. The summed E-state index contributed by atoms with van der Waals surface area (Å²) < 4.78 is 79.5. The molecule has 3 heterocycles. The van der Waals surface area contributed by atoms with Gasteiger partial charge in [0.2, 0.25) is 0 Å². The van der Waals surface area contributed by atoms with Crippen molar-refractivity contribution < 1.29 is 15.4 Å². The van der Waals surface area contributed by atoms with Crippen LogP contribution >= 0.6 is 0 Å². The third kappa shape index (κ3) is 5.14. The van der Waals surface area contributed by atoms with Gasteiger partial charge in [-0.2, -0.15) is 0 Å². The molecule has 9 aromatic carbocycles. The molecule has 0 atom stereocenters. The molecule has 3 aromatic heterocycles. The molecule has 0 unspecified atom stereocenters. The van der Waals surface area contributed by atoms with Crippen LogP contribution in [0.25, 0.3) is 116 Å². The van der Waals surface area contributed by atoms with E-state index in [9.17, 15) is 2.74 Å². The van der Waals surface area contributed by atoms with Gasteiger partial charge in [0.25, 0.3) is 0 Å². The second-order valence-corrected chi connectivity index (χ2v) is 14.2. The van der Waals surface area contributed by atoms with Gasteiger partial charge in [0.15, 0.2) is 17.5 Å². The number of para-hydroxylation sites is 3. The lowest BCUT2D eigenvalue weighted by molar-refractivity contribution is 0.669. The number of furan rings is 1. The summed E-state index contributed by atoms with van der Waals surface area (Å²) >= 11 is 0. The van der Waals surface area contributed by atoms with Gasteiger partial charge in [0.1, 0.15) is 11.2 Å². The number of nitrogens with zero attached hydrogens (tertiary/aromatic N) is 4. The van der Waals surface area contributed by atoms with E-state index in [0.717, 1.165) is 49.0 Å². The molecule has 0 saturated carbocycles. The highest BCUT2D eigenvalue weighted by Gasteiger charge is 2.21. The van der Waals surface area contributed by atoms with Gasteiger partial charge in [0.05, 0.1) is 27.7 Å². The van der Waals surface area contributed by atoms with E-state index in [2.05, 4.69) is 36.4 Å². The first kappa shape index (κ1) is 25.3. The zero-order valence-corrected chi connectivity index (χ0v) is 30.6. The summed E-state index contributed by atoms with van der Waals surface area (Å²) in [6.45, 7) is 0. The Morgan fingerprint density at radius 3 is 1.79 bits per heavy atom. The Morgan fingerprint density at radius 1 is 0.397 bits per heavy atom. The van der Waals surface area contributed by atoms with Crippen LogP contribution in [-0.4, -0.2) is 19.5 Å². The second-order valence-electron chi connectivity index (χ2n) is 14.2. The van der Waals surface area contributed by atoms with Gasteiger partial charge in [-0.05, 0) is 81.2 Å². The normalized spacial score (nSPS) is 13.7. The molecule has 12 rings (SSSR count). The van der Waals surface area contributed by atoms with Crippen LogP contribution in [0, 0.1) is 0 Å². The summed E-state index contributed by atoms with van der Waals surface area (Å²) in [5.74, 6) is 0.906. The highest BCUT2D eigenvalue weighted by atomic mass is 16.3. The number of fused-ring (bicyclic) bond motifs is 9. The molecule has 0 aliphatic rings. The van der Waals surface area contributed by atoms with Crippen molar-refractivity contribution in [2.24, 2.45) is 0 Å². The van der Waals surface area contributed by atoms with Crippen molar-refractivity contribution in [2.45, 2.75) is 0 Å². The first-order valence-electron chi connectivity index (χ1n) is 22.9. The number of rotatable bonds is 5. The molecule has 0 fully saturated rings. The van der Waals surface area contributed by atoms with Crippen molar-refractivity contribution in [3.63, 3.8) is 0 Å². The maximum atomic E-state index is 9.31. The highest BCUT2D eigenvalue weighted by Crippen LogP contribution is 2.40. The predicted molar refractivity (Wildman–Crippen MR) is 238 cm³/mol. The van der Waals surface area contributed by atoms with Gasteiger partial charge in [-0.25, -0.2) is 15.0 Å². The minimum absolute atomic E-state index is 0.0120. The van der Waals surface area contributed by atoms with Gasteiger partial charge in [-0.15, -0.1) is 0 Å². The van der Waals surface area contributed by atoms with Crippen molar-refractivity contribution in [3.05, 3.63) is 194 Å². The Balaban J connectivity index is 1.20. The Kier molecular flexibility index (Phi) is 5.60. The lowest BCUT2D eigenvalue weighted by atomic mass is 9.95. The zero-order valence-electron chi connectivity index (χ0n) is 38.6. The van der Waals surface area contributed by atoms with Crippen LogP contribution in [0.2, 0.25) is 0 Å². The maximum Gasteiger partial charge on any atom is 0.166 e. The lowest BCUT2D eigenvalue weighted by Crippen LogP contribution is -2.04. The number of benzene rings is 9. The lowest BCUT2D eigenvalue weighted by Gasteiger charge is -2.16. The molecule has 0 radical (unpaired) electrons. The first-order valence-corrected chi connectivity index (χ1v) is 18.9. The summed E-state index contributed by atoms with van der Waals surface area (Å²) in [4.78, 5) is 15.3. The van der Waals surface area contributed by atoms with Gasteiger partial charge in [-0.3, -0.25) is 0 Å². The Bertz CT molecular complexity index is 3980. The third-order valence-electron chi connectivity index (χ3n) is 10.9. The fraction of sp³-hybridized carbons (Fsp3) is 0. The van der Waals surface area contributed by atoms with Crippen LogP contribution in [0.15, 0.2) is 198 Å². The molecule has 270 valence electrons. The molecule has 0 bridgehead atoms. The van der Waals surface area contributed by atoms with Crippen molar-refractivity contribution in [2.75, 3.05) is 0 Å². The second kappa shape index (κ2) is 12.8. The quantitative estimate of drug-likeness (QED) is 0.164. The summed E-state index contributed by atoms with van der Waals surface area (Å²) in [5.41, 5.74) is 5.13. The summed E-state index contributed by atoms with van der Waals surface area (Å²) in [5, 5.41) is 6.18. The van der Waals surface area contributed by atoms with E-state index in [-0.39, 0.29) is 27.6 Å². The molecular weight excluding hydrogens is 709 g/mol. The fourth-order valence-electron chi connectivity index (χ4n) is 8.14. The average molecular weight is 749 g/mol. The molecule has 5 nitrogen and oxygen atoms in total. The molecule has 58 heavy (non-hydrogen) atoms. The Labute approximate surface area is 344 Å². The van der Waals surface area contributed by atoms with E-state index >= 15 is 0 Å². The molecule has 0 aliphatic carbocycles. The molecule has 0 N–H and O–H groups in total. The van der Waals surface area contributed by atoms with Crippen LogP contribution < -0.4 is 0 Å². The van der Waals surface area contributed by atoms with Crippen LogP contribution in [0.4, 0.5) is 0 Å². The molecular formula is C53H32N4O. The number of hydrogen-bond donors (Lipinski definition) is 0. The Hall–Kier alpha value is -7.89. The standard InChI is InChI=1S/C53H32N4O/c1-2-13-35(14-3-1)51-54-52(38-26-28-43-42-18-8-11-21-49(42)58-50(43)32-38)56-53(55-51)45-31-37(36-25-24-34-23-22-33-12-4-5-15-39(33)44(34)30-36)27-29-48(45)57-46-19-9-6-16-40(46)41-17-7-10-20-47(41)57/h1-32H/i6D,7D,9D,10D,16D,17D,19D,20D. The van der Waals surface area contributed by atoms with E-state index in [4.69, 9.17) is 27.6 Å². The summed E-state index contributed by atoms with van der Waals surface area (Å²) in [6, 6.07) is 43.7. The molecule has 0 saturated heterocycles. The average Bonchev–Trinajstić information content (AvgIpc) is 3.92. The van der Waals surface area contributed by atoms with E-state index in [0.29, 0.717) is 39.6 Å². The smallest absolute Gasteiger partial charge is 0.166 e. The van der Waals surface area contributed by atoms with Crippen molar-refractivity contribution in [1.82, 2.24) is 19.5 Å². The van der Waals surface area contributed by atoms with Gasteiger partial charge in [-0.1, -0.05) is 145 Å². The minimum Gasteiger partial charge on any atom is -0.456 e. The molecule has 0 aliphatic heterocycles.